The molecule has 5 nitrogen and oxygen atoms in total. The number of aromatic nitrogens is 2. The maximum absolute atomic E-state index is 5.73. The predicted molar refractivity (Wildman–Crippen MR) is 64.3 cm³/mol. The molecule has 1 atom stereocenters. The van der Waals surface area contributed by atoms with Gasteiger partial charge in [-0.05, 0) is 20.3 Å². The van der Waals surface area contributed by atoms with Gasteiger partial charge in [-0.1, -0.05) is 13.8 Å². The Morgan fingerprint density at radius 3 is 2.56 bits per heavy atom. The third-order valence-corrected chi connectivity index (χ3v) is 2.49. The van der Waals surface area contributed by atoms with Crippen molar-refractivity contribution in [1.82, 2.24) is 9.97 Å². The predicted octanol–water partition coefficient (Wildman–Crippen LogP) is 1.81. The molecule has 90 valence electrons. The first-order valence-electron chi connectivity index (χ1n) is 5.63. The molecule has 16 heavy (non-hydrogen) atoms. The summed E-state index contributed by atoms with van der Waals surface area (Å²) in [5.41, 5.74) is 3.42. The van der Waals surface area contributed by atoms with Gasteiger partial charge in [0.1, 0.15) is 11.6 Å². The van der Waals surface area contributed by atoms with Gasteiger partial charge in [0.15, 0.2) is 0 Å². The van der Waals surface area contributed by atoms with Crippen LogP contribution in [0.5, 0.6) is 5.88 Å². The van der Waals surface area contributed by atoms with Crippen molar-refractivity contribution in [1.29, 1.82) is 0 Å². The molecule has 1 unspecified atom stereocenters. The minimum atomic E-state index is 0.143. The minimum absolute atomic E-state index is 0.143. The lowest BCUT2D eigenvalue weighted by molar-refractivity contribution is 0.206. The Morgan fingerprint density at radius 2 is 2.06 bits per heavy atom. The van der Waals surface area contributed by atoms with Crippen molar-refractivity contribution in [3.8, 4) is 5.88 Å². The van der Waals surface area contributed by atoms with Gasteiger partial charge >= 0.3 is 0 Å². The van der Waals surface area contributed by atoms with E-state index in [1.165, 1.54) is 0 Å². The van der Waals surface area contributed by atoms with Crippen LogP contribution in [0.1, 0.15) is 38.6 Å². The molecular formula is C11H20N4O. The van der Waals surface area contributed by atoms with Crippen LogP contribution in [0.2, 0.25) is 0 Å². The van der Waals surface area contributed by atoms with Gasteiger partial charge < -0.3 is 10.2 Å². The van der Waals surface area contributed by atoms with Crippen molar-refractivity contribution >= 4 is 5.82 Å². The molecule has 0 aromatic carbocycles. The summed E-state index contributed by atoms with van der Waals surface area (Å²) in [4.78, 5) is 8.63. The second kappa shape index (κ2) is 5.65. The number of hydrazine groups is 1. The van der Waals surface area contributed by atoms with E-state index in [0.717, 1.165) is 24.2 Å². The molecule has 1 aromatic heterocycles. The van der Waals surface area contributed by atoms with E-state index in [0.29, 0.717) is 11.7 Å². The molecule has 0 spiro atoms. The number of hydrogen-bond donors (Lipinski definition) is 2. The average molecular weight is 224 g/mol. The van der Waals surface area contributed by atoms with Gasteiger partial charge in [0.25, 0.3) is 0 Å². The molecule has 0 fully saturated rings. The van der Waals surface area contributed by atoms with Gasteiger partial charge in [-0.15, -0.1) is 0 Å². The van der Waals surface area contributed by atoms with E-state index in [-0.39, 0.29) is 6.10 Å². The molecule has 0 aliphatic heterocycles. The monoisotopic (exact) mass is 224 g/mol. The molecule has 0 radical (unpaired) electrons. The number of rotatable bonds is 5. The largest absolute Gasteiger partial charge is 0.474 e. The van der Waals surface area contributed by atoms with Crippen molar-refractivity contribution in [2.45, 2.75) is 46.6 Å². The highest BCUT2D eigenvalue weighted by atomic mass is 16.5. The first kappa shape index (κ1) is 12.7. The molecule has 5 heteroatoms. The van der Waals surface area contributed by atoms with Crippen LogP contribution in [0.4, 0.5) is 5.82 Å². The zero-order valence-corrected chi connectivity index (χ0v) is 10.4. The summed E-state index contributed by atoms with van der Waals surface area (Å²) in [6.45, 7) is 7.98. The Labute approximate surface area is 96.4 Å². The van der Waals surface area contributed by atoms with Gasteiger partial charge in [-0.2, -0.15) is 4.98 Å². The Kier molecular flexibility index (Phi) is 4.49. The van der Waals surface area contributed by atoms with Crippen LogP contribution >= 0.6 is 0 Å². The zero-order chi connectivity index (χ0) is 12.1. The van der Waals surface area contributed by atoms with Gasteiger partial charge in [0.05, 0.1) is 11.7 Å². The van der Waals surface area contributed by atoms with Crippen molar-refractivity contribution in [2.24, 2.45) is 5.84 Å². The quantitative estimate of drug-likeness (QED) is 0.589. The van der Waals surface area contributed by atoms with E-state index in [1.807, 2.05) is 20.8 Å². The fourth-order valence-corrected chi connectivity index (χ4v) is 1.23. The topological polar surface area (TPSA) is 73.1 Å². The number of nitrogens with two attached hydrogens (primary N) is 1. The van der Waals surface area contributed by atoms with Crippen molar-refractivity contribution in [3.63, 3.8) is 0 Å². The first-order chi connectivity index (χ1) is 7.62. The fraction of sp³-hybridized carbons (Fsp3) is 0.636. The van der Waals surface area contributed by atoms with Crippen LogP contribution in [0.3, 0.4) is 0 Å². The number of anilines is 1. The highest BCUT2D eigenvalue weighted by Crippen LogP contribution is 2.22. The van der Waals surface area contributed by atoms with E-state index in [1.54, 1.807) is 0 Å². The van der Waals surface area contributed by atoms with Crippen LogP contribution in [0.25, 0.3) is 0 Å². The average Bonchev–Trinajstić information content (AvgIpc) is 2.31. The fourth-order valence-electron chi connectivity index (χ4n) is 1.23. The maximum atomic E-state index is 5.73. The summed E-state index contributed by atoms with van der Waals surface area (Å²) in [5, 5.41) is 0. The molecule has 0 aliphatic carbocycles. The van der Waals surface area contributed by atoms with E-state index in [2.05, 4.69) is 22.3 Å². The molecular weight excluding hydrogens is 204 g/mol. The smallest absolute Gasteiger partial charge is 0.222 e. The molecule has 3 N–H and O–H groups in total. The van der Waals surface area contributed by atoms with Gasteiger partial charge in [-0.25, -0.2) is 10.8 Å². The minimum Gasteiger partial charge on any atom is -0.474 e. The Bertz CT molecular complexity index is 354. The lowest BCUT2D eigenvalue weighted by Gasteiger charge is -2.16. The second-order valence-electron chi connectivity index (χ2n) is 3.75. The van der Waals surface area contributed by atoms with E-state index in [9.17, 15) is 0 Å². The third kappa shape index (κ3) is 2.82. The van der Waals surface area contributed by atoms with Crippen LogP contribution in [-0.4, -0.2) is 16.1 Å². The van der Waals surface area contributed by atoms with Crippen molar-refractivity contribution in [3.05, 3.63) is 11.4 Å². The molecule has 0 saturated carbocycles. The lowest BCUT2D eigenvalue weighted by atomic mass is 10.3. The van der Waals surface area contributed by atoms with Crippen LogP contribution in [-0.2, 0) is 6.42 Å². The number of hydrogen-bond acceptors (Lipinski definition) is 5. The normalized spacial score (nSPS) is 12.3. The number of ether oxygens (including phenoxy) is 1. The Hall–Kier alpha value is -1.36. The number of nitrogens with zero attached hydrogens (tertiary/aromatic N) is 2. The summed E-state index contributed by atoms with van der Waals surface area (Å²) in [6, 6.07) is 0. The summed E-state index contributed by atoms with van der Waals surface area (Å²) >= 11 is 0. The second-order valence-corrected chi connectivity index (χ2v) is 3.75. The van der Waals surface area contributed by atoms with Crippen LogP contribution < -0.4 is 16.0 Å². The van der Waals surface area contributed by atoms with Crippen LogP contribution in [0, 0.1) is 6.92 Å². The molecule has 0 amide bonds. The maximum Gasteiger partial charge on any atom is 0.222 e. The zero-order valence-electron chi connectivity index (χ0n) is 10.4. The van der Waals surface area contributed by atoms with Crippen molar-refractivity contribution in [2.75, 3.05) is 5.43 Å². The summed E-state index contributed by atoms with van der Waals surface area (Å²) in [6.07, 6.45) is 1.84. The van der Waals surface area contributed by atoms with Crippen molar-refractivity contribution < 1.29 is 4.74 Å². The lowest BCUT2D eigenvalue weighted by Crippen LogP contribution is -2.16. The molecule has 0 aliphatic rings. The summed E-state index contributed by atoms with van der Waals surface area (Å²) in [7, 11) is 0. The number of nitrogens with one attached hydrogen (secondary N) is 1. The summed E-state index contributed by atoms with van der Waals surface area (Å²) in [5.74, 6) is 7.39. The first-order valence-corrected chi connectivity index (χ1v) is 5.63. The number of nitrogen functional groups attached to an aromatic ring is 1. The van der Waals surface area contributed by atoms with E-state index in [4.69, 9.17) is 10.6 Å². The van der Waals surface area contributed by atoms with E-state index >= 15 is 0 Å². The molecule has 0 saturated heterocycles. The highest BCUT2D eigenvalue weighted by molar-refractivity contribution is 5.47. The highest BCUT2D eigenvalue weighted by Gasteiger charge is 2.12. The van der Waals surface area contributed by atoms with Gasteiger partial charge in [0, 0.05) is 6.42 Å². The Balaban J connectivity index is 3.05. The van der Waals surface area contributed by atoms with E-state index < -0.39 is 0 Å². The summed E-state index contributed by atoms with van der Waals surface area (Å²) < 4.78 is 5.73. The van der Waals surface area contributed by atoms with Gasteiger partial charge in [-0.3, -0.25) is 0 Å². The third-order valence-electron chi connectivity index (χ3n) is 2.49. The number of aryl methyl sites for hydroxylation is 1. The molecule has 1 aromatic rings. The van der Waals surface area contributed by atoms with Crippen LogP contribution in [0.15, 0.2) is 0 Å². The SMILES string of the molecule is CCc1nc(NN)c(C)c(OC(C)CC)n1. The molecule has 0 bridgehead atoms. The molecule has 1 heterocycles. The Morgan fingerprint density at radius 1 is 1.38 bits per heavy atom. The van der Waals surface area contributed by atoms with Gasteiger partial charge in [0.2, 0.25) is 5.88 Å². The standard InChI is InChI=1S/C11H20N4O/c1-5-7(3)16-11-8(4)10(15-12)13-9(6-2)14-11/h7H,5-6,12H2,1-4H3,(H,13,14,15). The molecule has 1 rings (SSSR count).